The number of rotatable bonds is 5. The number of aliphatic hydroxyl groups excluding tert-OH is 1. The zero-order valence-corrected chi connectivity index (χ0v) is 16.3. The molecule has 0 saturated carbocycles. The van der Waals surface area contributed by atoms with Crippen molar-refractivity contribution in [3.8, 4) is 0 Å². The average molecular weight is 366 g/mol. The van der Waals surface area contributed by atoms with Crippen molar-refractivity contribution in [1.29, 1.82) is 0 Å². The first kappa shape index (κ1) is 18.5. The van der Waals surface area contributed by atoms with Crippen LogP contribution in [-0.2, 0) is 12.8 Å². The number of hydrogen-bond acceptors (Lipinski definition) is 4. The molecule has 1 saturated heterocycles. The van der Waals surface area contributed by atoms with Crippen LogP contribution in [0.2, 0.25) is 0 Å². The van der Waals surface area contributed by atoms with Gasteiger partial charge in [0, 0.05) is 44.1 Å². The number of anilines is 2. The molecule has 144 valence electrons. The van der Waals surface area contributed by atoms with Gasteiger partial charge in [-0.25, -0.2) is 0 Å². The molecule has 0 radical (unpaired) electrons. The summed E-state index contributed by atoms with van der Waals surface area (Å²) < 4.78 is 0. The lowest BCUT2D eigenvalue weighted by Crippen LogP contribution is -2.55. The first-order valence-electron chi connectivity index (χ1n) is 10.3. The fraction of sp³-hybridized carbons (Fsp3) is 0.478. The van der Waals surface area contributed by atoms with Crippen molar-refractivity contribution in [2.45, 2.75) is 32.4 Å². The summed E-state index contributed by atoms with van der Waals surface area (Å²) in [6, 6.07) is 17.9. The fourth-order valence-corrected chi connectivity index (χ4v) is 4.67. The van der Waals surface area contributed by atoms with Crippen LogP contribution in [0.25, 0.3) is 0 Å². The third-order valence-electron chi connectivity index (χ3n) is 6.07. The van der Waals surface area contributed by atoms with Crippen LogP contribution in [0.5, 0.6) is 0 Å². The van der Waals surface area contributed by atoms with Gasteiger partial charge in [-0.15, -0.1) is 0 Å². The normalized spacial score (nSPS) is 19.3. The van der Waals surface area contributed by atoms with E-state index in [0.29, 0.717) is 6.17 Å². The summed E-state index contributed by atoms with van der Waals surface area (Å²) in [7, 11) is 0. The highest BCUT2D eigenvalue weighted by Crippen LogP contribution is 2.39. The molecule has 0 aromatic heterocycles. The van der Waals surface area contributed by atoms with Gasteiger partial charge in [0.15, 0.2) is 0 Å². The highest BCUT2D eigenvalue weighted by atomic mass is 16.3. The number of fused-ring (bicyclic) bond motifs is 2. The lowest BCUT2D eigenvalue weighted by Gasteiger charge is -2.45. The van der Waals surface area contributed by atoms with Gasteiger partial charge in [0.2, 0.25) is 0 Å². The highest BCUT2D eigenvalue weighted by Gasteiger charge is 2.31. The molecular weight excluding hydrogens is 334 g/mol. The van der Waals surface area contributed by atoms with E-state index in [0.717, 1.165) is 52.0 Å². The Kier molecular flexibility index (Phi) is 5.77. The second-order valence-corrected chi connectivity index (χ2v) is 7.62. The Balaban J connectivity index is 1.68. The lowest BCUT2D eigenvalue weighted by molar-refractivity contribution is 0.0838. The number of piperazine rings is 1. The van der Waals surface area contributed by atoms with Crippen molar-refractivity contribution >= 4 is 11.4 Å². The molecule has 27 heavy (non-hydrogen) atoms. The summed E-state index contributed by atoms with van der Waals surface area (Å²) >= 11 is 0. The maximum absolute atomic E-state index is 9.23. The van der Waals surface area contributed by atoms with Crippen LogP contribution in [0.4, 0.5) is 11.4 Å². The van der Waals surface area contributed by atoms with E-state index in [2.05, 4.69) is 70.2 Å². The number of benzene rings is 2. The van der Waals surface area contributed by atoms with Crippen LogP contribution < -0.4 is 4.90 Å². The molecule has 4 heteroatoms. The van der Waals surface area contributed by atoms with Crippen LogP contribution in [0.3, 0.4) is 0 Å². The zero-order chi connectivity index (χ0) is 18.6. The van der Waals surface area contributed by atoms with Crippen LogP contribution in [0.15, 0.2) is 48.5 Å². The van der Waals surface area contributed by atoms with Gasteiger partial charge in [0.25, 0.3) is 0 Å². The zero-order valence-electron chi connectivity index (χ0n) is 16.3. The van der Waals surface area contributed by atoms with Gasteiger partial charge in [-0.05, 0) is 42.5 Å². The summed E-state index contributed by atoms with van der Waals surface area (Å²) in [6.45, 7) is 7.53. The van der Waals surface area contributed by atoms with E-state index in [9.17, 15) is 5.11 Å². The van der Waals surface area contributed by atoms with Crippen LogP contribution >= 0.6 is 0 Å². The van der Waals surface area contributed by atoms with E-state index in [4.69, 9.17) is 0 Å². The Morgan fingerprint density at radius 3 is 1.93 bits per heavy atom. The molecular formula is C23H31N3O. The lowest BCUT2D eigenvalue weighted by atomic mass is 10.0. The van der Waals surface area contributed by atoms with Gasteiger partial charge in [-0.2, -0.15) is 0 Å². The number of para-hydroxylation sites is 2. The van der Waals surface area contributed by atoms with Crippen molar-refractivity contribution in [2.24, 2.45) is 0 Å². The molecule has 0 aliphatic carbocycles. The van der Waals surface area contributed by atoms with E-state index in [1.165, 1.54) is 22.5 Å². The molecule has 2 aliphatic rings. The summed E-state index contributed by atoms with van der Waals surface area (Å²) in [5.74, 6) is 0. The first-order valence-corrected chi connectivity index (χ1v) is 10.3. The molecule has 1 unspecified atom stereocenters. The Morgan fingerprint density at radius 1 is 0.852 bits per heavy atom. The SMILES string of the molecule is CCC(N1CCN(CCO)CC1)N1c2ccccc2CCc2ccccc21. The Bertz CT molecular complexity index is 707. The Hall–Kier alpha value is -1.88. The Morgan fingerprint density at radius 2 is 1.41 bits per heavy atom. The van der Waals surface area contributed by atoms with Gasteiger partial charge >= 0.3 is 0 Å². The molecule has 0 bridgehead atoms. The van der Waals surface area contributed by atoms with Crippen LogP contribution in [0, 0.1) is 0 Å². The third kappa shape index (κ3) is 3.75. The number of β-amino-alcohol motifs (C(OH)–C–C–N with tert-alkyl or cyclic N) is 1. The topological polar surface area (TPSA) is 30.0 Å². The summed E-state index contributed by atoms with van der Waals surface area (Å²) in [6.07, 6.45) is 3.65. The molecule has 0 spiro atoms. The first-order chi connectivity index (χ1) is 13.3. The largest absolute Gasteiger partial charge is 0.395 e. The predicted octanol–water partition coefficient (Wildman–Crippen LogP) is 3.27. The molecule has 4 rings (SSSR count). The summed E-state index contributed by atoms with van der Waals surface area (Å²) in [4.78, 5) is 7.60. The molecule has 2 aromatic carbocycles. The summed E-state index contributed by atoms with van der Waals surface area (Å²) in [5.41, 5.74) is 5.64. The number of aryl methyl sites for hydroxylation is 2. The van der Waals surface area contributed by atoms with E-state index in [-0.39, 0.29) is 6.61 Å². The molecule has 2 aliphatic heterocycles. The van der Waals surface area contributed by atoms with Crippen molar-refractivity contribution < 1.29 is 5.11 Å². The van der Waals surface area contributed by atoms with E-state index >= 15 is 0 Å². The van der Waals surface area contributed by atoms with Crippen LogP contribution in [-0.4, -0.2) is 60.4 Å². The van der Waals surface area contributed by atoms with Gasteiger partial charge in [-0.3, -0.25) is 9.80 Å². The van der Waals surface area contributed by atoms with Gasteiger partial charge in [0.1, 0.15) is 0 Å². The fourth-order valence-electron chi connectivity index (χ4n) is 4.67. The standard InChI is InChI=1S/C23H31N3O/c1-2-23(25-15-13-24(14-16-25)17-18-27)26-21-9-5-3-7-19(21)11-12-20-8-4-6-10-22(20)26/h3-10,23,27H,2,11-18H2,1H3. The Labute approximate surface area is 163 Å². The molecule has 0 amide bonds. The van der Waals surface area contributed by atoms with Crippen molar-refractivity contribution in [3.63, 3.8) is 0 Å². The number of nitrogens with zero attached hydrogens (tertiary/aromatic N) is 3. The predicted molar refractivity (Wildman–Crippen MR) is 112 cm³/mol. The highest BCUT2D eigenvalue weighted by molar-refractivity contribution is 5.71. The maximum Gasteiger partial charge on any atom is 0.0868 e. The number of aliphatic hydroxyl groups is 1. The molecule has 2 heterocycles. The van der Waals surface area contributed by atoms with E-state index in [1.54, 1.807) is 0 Å². The molecule has 1 N–H and O–H groups in total. The molecule has 1 atom stereocenters. The van der Waals surface area contributed by atoms with E-state index in [1.807, 2.05) is 0 Å². The van der Waals surface area contributed by atoms with Gasteiger partial charge in [0.05, 0.1) is 12.8 Å². The van der Waals surface area contributed by atoms with Crippen molar-refractivity contribution in [3.05, 3.63) is 59.7 Å². The van der Waals surface area contributed by atoms with Crippen molar-refractivity contribution in [2.75, 3.05) is 44.2 Å². The quantitative estimate of drug-likeness (QED) is 0.881. The van der Waals surface area contributed by atoms with Gasteiger partial charge < -0.3 is 10.0 Å². The summed E-state index contributed by atoms with van der Waals surface area (Å²) in [5, 5.41) is 9.23. The second kappa shape index (κ2) is 8.42. The smallest absolute Gasteiger partial charge is 0.0868 e. The molecule has 1 fully saturated rings. The number of hydrogen-bond donors (Lipinski definition) is 1. The molecule has 2 aromatic rings. The van der Waals surface area contributed by atoms with Crippen LogP contribution in [0.1, 0.15) is 24.5 Å². The second-order valence-electron chi connectivity index (χ2n) is 7.62. The van der Waals surface area contributed by atoms with Gasteiger partial charge in [-0.1, -0.05) is 43.3 Å². The minimum absolute atomic E-state index is 0.254. The maximum atomic E-state index is 9.23. The average Bonchev–Trinajstić information content (AvgIpc) is 2.88. The third-order valence-corrected chi connectivity index (χ3v) is 6.07. The minimum Gasteiger partial charge on any atom is -0.395 e. The minimum atomic E-state index is 0.254. The monoisotopic (exact) mass is 365 g/mol. The van der Waals surface area contributed by atoms with Crippen molar-refractivity contribution in [1.82, 2.24) is 9.80 Å². The molecule has 4 nitrogen and oxygen atoms in total. The van der Waals surface area contributed by atoms with E-state index < -0.39 is 0 Å².